The fourth-order valence-electron chi connectivity index (χ4n) is 3.25. The molecule has 2 aromatic carbocycles. The van der Waals surface area contributed by atoms with Gasteiger partial charge in [-0.25, -0.2) is 4.79 Å². The molecule has 0 aromatic heterocycles. The third kappa shape index (κ3) is 2.56. The van der Waals surface area contributed by atoms with Gasteiger partial charge in [-0.3, -0.25) is 0 Å². The van der Waals surface area contributed by atoms with Crippen molar-refractivity contribution in [3.05, 3.63) is 52.1 Å². The van der Waals surface area contributed by atoms with E-state index in [9.17, 15) is 4.79 Å². The molecule has 0 unspecified atom stereocenters. The van der Waals surface area contributed by atoms with Crippen LogP contribution in [0.3, 0.4) is 0 Å². The Bertz CT molecular complexity index is 790. The Morgan fingerprint density at radius 1 is 1.04 bits per heavy atom. The smallest absolute Gasteiger partial charge is 0.344 e. The number of rotatable bonds is 4. The van der Waals surface area contributed by atoms with Gasteiger partial charge in [0.25, 0.3) is 0 Å². The molecule has 0 bridgehead atoms. The second kappa shape index (κ2) is 6.07. The molecule has 5 nitrogen and oxygen atoms in total. The Morgan fingerprint density at radius 2 is 1.71 bits per heavy atom. The van der Waals surface area contributed by atoms with Crippen molar-refractivity contribution in [2.45, 2.75) is 27.0 Å². The van der Waals surface area contributed by atoms with E-state index in [2.05, 4.69) is 24.4 Å². The van der Waals surface area contributed by atoms with Gasteiger partial charge in [-0.2, -0.15) is 0 Å². The Morgan fingerprint density at radius 3 is 2.29 bits per heavy atom. The summed E-state index contributed by atoms with van der Waals surface area (Å²) in [6, 6.07) is 7.81. The van der Waals surface area contributed by atoms with E-state index in [0.717, 1.165) is 22.4 Å². The molecule has 0 radical (unpaired) electrons. The van der Waals surface area contributed by atoms with Gasteiger partial charge in [0.05, 0.1) is 14.2 Å². The highest BCUT2D eigenvalue weighted by Gasteiger charge is 2.36. The Labute approximate surface area is 141 Å². The number of ether oxygens (including phenoxy) is 3. The second-order valence-electron chi connectivity index (χ2n) is 5.97. The molecule has 1 N–H and O–H groups in total. The summed E-state index contributed by atoms with van der Waals surface area (Å²) < 4.78 is 16.2. The van der Waals surface area contributed by atoms with Gasteiger partial charge in [-0.15, -0.1) is 0 Å². The van der Waals surface area contributed by atoms with E-state index in [4.69, 9.17) is 14.2 Å². The van der Waals surface area contributed by atoms with Crippen LogP contribution in [0.5, 0.6) is 11.5 Å². The maximum absolute atomic E-state index is 12.3. The summed E-state index contributed by atoms with van der Waals surface area (Å²) in [6.07, 6.45) is -0.549. The van der Waals surface area contributed by atoms with E-state index < -0.39 is 12.2 Å². The zero-order chi connectivity index (χ0) is 17.4. The summed E-state index contributed by atoms with van der Waals surface area (Å²) in [5.41, 5.74) is 5.55. The van der Waals surface area contributed by atoms with Crippen molar-refractivity contribution in [1.82, 2.24) is 0 Å². The molecule has 2 aromatic rings. The average molecular weight is 327 g/mol. The number of carbonyl (C=O) groups excluding carboxylic acids is 1. The maximum Gasteiger partial charge on any atom is 0.344 e. The fourth-order valence-corrected chi connectivity index (χ4v) is 3.25. The average Bonchev–Trinajstić information content (AvgIpc) is 2.86. The van der Waals surface area contributed by atoms with Crippen LogP contribution in [0.1, 0.15) is 38.8 Å². The first kappa shape index (κ1) is 16.2. The largest absolute Gasteiger partial charge is 0.493 e. The Balaban J connectivity index is 2.02. The molecule has 5 heteroatoms. The number of benzene rings is 2. The molecule has 0 spiro atoms. The van der Waals surface area contributed by atoms with Crippen LogP contribution in [0.25, 0.3) is 0 Å². The van der Waals surface area contributed by atoms with Crippen molar-refractivity contribution in [1.29, 1.82) is 0 Å². The van der Waals surface area contributed by atoms with Crippen LogP contribution < -0.4 is 14.8 Å². The summed E-state index contributed by atoms with van der Waals surface area (Å²) in [7, 11) is 3.06. The molecule has 0 saturated heterocycles. The number of aryl methyl sites for hydroxylation is 3. The minimum atomic E-state index is -0.549. The molecule has 3 rings (SSSR count). The van der Waals surface area contributed by atoms with E-state index in [0.29, 0.717) is 17.1 Å². The topological polar surface area (TPSA) is 56.8 Å². The minimum Gasteiger partial charge on any atom is -0.493 e. The van der Waals surface area contributed by atoms with Crippen LogP contribution in [-0.2, 0) is 4.74 Å². The minimum absolute atomic E-state index is 0.404. The molecular weight excluding hydrogens is 306 g/mol. The molecule has 0 amide bonds. The SMILES string of the molecule is COc1ccc2c(c1OC)C(=O)O[C@H]2Nc1c(C)cc(C)cc1C. The lowest BCUT2D eigenvalue weighted by Gasteiger charge is -2.19. The standard InChI is InChI=1S/C19H21NO4/c1-10-8-11(2)16(12(3)9-10)20-18-13-6-7-14(22-4)17(23-5)15(13)19(21)24-18/h6-9,18,20H,1-5H3/t18-/m1/s1. The highest BCUT2D eigenvalue weighted by molar-refractivity contribution is 5.98. The quantitative estimate of drug-likeness (QED) is 0.863. The molecule has 0 saturated carbocycles. The van der Waals surface area contributed by atoms with Crippen molar-refractivity contribution in [2.75, 3.05) is 19.5 Å². The highest BCUT2D eigenvalue weighted by atomic mass is 16.6. The molecule has 24 heavy (non-hydrogen) atoms. The maximum atomic E-state index is 12.3. The summed E-state index contributed by atoms with van der Waals surface area (Å²) >= 11 is 0. The number of nitrogens with one attached hydrogen (secondary N) is 1. The molecular formula is C19H21NO4. The predicted molar refractivity (Wildman–Crippen MR) is 92.0 cm³/mol. The normalized spacial score (nSPS) is 15.7. The van der Waals surface area contributed by atoms with Gasteiger partial charge < -0.3 is 19.5 Å². The number of anilines is 1. The third-order valence-corrected chi connectivity index (χ3v) is 4.24. The van der Waals surface area contributed by atoms with Gasteiger partial charge in [0.2, 0.25) is 6.23 Å². The lowest BCUT2D eigenvalue weighted by Crippen LogP contribution is -2.12. The summed E-state index contributed by atoms with van der Waals surface area (Å²) in [4.78, 5) is 12.3. The Hall–Kier alpha value is -2.69. The van der Waals surface area contributed by atoms with Crippen LogP contribution in [0, 0.1) is 20.8 Å². The van der Waals surface area contributed by atoms with Crippen molar-refractivity contribution < 1.29 is 19.0 Å². The number of hydrogen-bond donors (Lipinski definition) is 1. The van der Waals surface area contributed by atoms with Crippen molar-refractivity contribution >= 4 is 11.7 Å². The van der Waals surface area contributed by atoms with Gasteiger partial charge in [0.15, 0.2) is 11.5 Å². The van der Waals surface area contributed by atoms with Gasteiger partial charge >= 0.3 is 5.97 Å². The predicted octanol–water partition coefficient (Wildman–Crippen LogP) is 3.91. The number of hydrogen-bond acceptors (Lipinski definition) is 5. The van der Waals surface area contributed by atoms with Gasteiger partial charge in [0, 0.05) is 11.3 Å². The molecule has 126 valence electrons. The molecule has 1 atom stereocenters. The number of cyclic esters (lactones) is 1. The molecule has 1 aliphatic heterocycles. The number of carbonyl (C=O) groups is 1. The zero-order valence-corrected chi connectivity index (χ0v) is 14.5. The lowest BCUT2D eigenvalue weighted by atomic mass is 10.0. The first-order valence-electron chi connectivity index (χ1n) is 7.76. The molecule has 1 aliphatic rings. The summed E-state index contributed by atoms with van der Waals surface area (Å²) in [6.45, 7) is 6.13. The Kier molecular flexibility index (Phi) is 4.09. The van der Waals surface area contributed by atoms with Crippen LogP contribution in [0.15, 0.2) is 24.3 Å². The van der Waals surface area contributed by atoms with Gasteiger partial charge in [-0.1, -0.05) is 17.7 Å². The second-order valence-corrected chi connectivity index (χ2v) is 5.97. The van der Waals surface area contributed by atoms with Gasteiger partial charge in [0.1, 0.15) is 5.56 Å². The van der Waals surface area contributed by atoms with E-state index in [-0.39, 0.29) is 0 Å². The lowest BCUT2D eigenvalue weighted by molar-refractivity contribution is 0.0435. The number of methoxy groups -OCH3 is 2. The van der Waals surface area contributed by atoms with Crippen LogP contribution in [-0.4, -0.2) is 20.2 Å². The summed E-state index contributed by atoms with van der Waals surface area (Å²) in [5.74, 6) is 0.499. The van der Waals surface area contributed by atoms with E-state index in [1.165, 1.54) is 12.7 Å². The molecule has 0 aliphatic carbocycles. The van der Waals surface area contributed by atoms with Crippen LogP contribution >= 0.6 is 0 Å². The van der Waals surface area contributed by atoms with E-state index >= 15 is 0 Å². The first-order chi connectivity index (χ1) is 11.5. The highest BCUT2D eigenvalue weighted by Crippen LogP contribution is 2.42. The molecule has 0 fully saturated rings. The van der Waals surface area contributed by atoms with Crippen molar-refractivity contribution in [3.8, 4) is 11.5 Å². The van der Waals surface area contributed by atoms with Crippen LogP contribution in [0.2, 0.25) is 0 Å². The van der Waals surface area contributed by atoms with Gasteiger partial charge in [-0.05, 0) is 44.0 Å². The van der Waals surface area contributed by atoms with E-state index in [1.807, 2.05) is 19.9 Å². The third-order valence-electron chi connectivity index (χ3n) is 4.24. The van der Waals surface area contributed by atoms with Crippen LogP contribution in [0.4, 0.5) is 5.69 Å². The fraction of sp³-hybridized carbons (Fsp3) is 0.316. The van der Waals surface area contributed by atoms with Crippen molar-refractivity contribution in [2.24, 2.45) is 0 Å². The van der Waals surface area contributed by atoms with Crippen molar-refractivity contribution in [3.63, 3.8) is 0 Å². The molecule has 1 heterocycles. The number of esters is 1. The first-order valence-corrected chi connectivity index (χ1v) is 7.76. The number of fused-ring (bicyclic) bond motifs is 1. The van der Waals surface area contributed by atoms with E-state index in [1.54, 1.807) is 13.2 Å². The monoisotopic (exact) mass is 327 g/mol. The zero-order valence-electron chi connectivity index (χ0n) is 14.5. The summed E-state index contributed by atoms with van der Waals surface area (Å²) in [5, 5.41) is 3.34.